The van der Waals surface area contributed by atoms with Crippen molar-refractivity contribution in [3.05, 3.63) is 146 Å². The summed E-state index contributed by atoms with van der Waals surface area (Å²) >= 11 is 0. The van der Waals surface area contributed by atoms with Crippen molar-refractivity contribution in [1.82, 2.24) is 4.57 Å². The fourth-order valence-corrected chi connectivity index (χ4v) is 16.2. The Morgan fingerprint density at radius 2 is 1.02 bits per heavy atom. The van der Waals surface area contributed by atoms with Gasteiger partial charge in [-0.2, -0.15) is 0 Å². The van der Waals surface area contributed by atoms with Crippen molar-refractivity contribution in [2.24, 2.45) is 0 Å². The normalized spacial score (nSPS) is 17.2. The van der Waals surface area contributed by atoms with Crippen LogP contribution < -0.4 is 26.3 Å². The molecule has 0 saturated carbocycles. The number of rotatable bonds is 2. The Balaban J connectivity index is 1.43. The van der Waals surface area contributed by atoms with Crippen LogP contribution in [0.4, 0.5) is 0 Å². The molecule has 1 aliphatic heterocycles. The molecule has 1 aliphatic rings. The van der Waals surface area contributed by atoms with Crippen LogP contribution >= 0.6 is 7.14 Å². The summed E-state index contributed by atoms with van der Waals surface area (Å²) in [4.78, 5) is 0. The van der Waals surface area contributed by atoms with Gasteiger partial charge in [0.2, 0.25) is 0 Å². The van der Waals surface area contributed by atoms with Crippen molar-refractivity contribution < 1.29 is 4.57 Å². The molecule has 9 rings (SSSR count). The van der Waals surface area contributed by atoms with Crippen molar-refractivity contribution in [3.63, 3.8) is 0 Å². The fraction of sp³-hybridized carbons (Fsp3) is 0.0500. The van der Waals surface area contributed by atoms with Gasteiger partial charge in [-0.25, -0.2) is 0 Å². The smallest absolute Gasteiger partial charge is 0.171 e. The van der Waals surface area contributed by atoms with Crippen molar-refractivity contribution in [2.45, 2.75) is 13.1 Å². The van der Waals surface area contributed by atoms with E-state index in [-0.39, 0.29) is 0 Å². The van der Waals surface area contributed by atoms with Gasteiger partial charge in [-0.3, -0.25) is 0 Å². The van der Waals surface area contributed by atoms with Gasteiger partial charge in [0, 0.05) is 32.4 Å². The van der Waals surface area contributed by atoms with Crippen molar-refractivity contribution >= 4 is 84.9 Å². The van der Waals surface area contributed by atoms with E-state index in [1.54, 1.807) is 0 Å². The lowest BCUT2D eigenvalue weighted by Crippen LogP contribution is -2.67. The summed E-state index contributed by atoms with van der Waals surface area (Å²) in [6.45, 7) is 4.82. The van der Waals surface area contributed by atoms with Crippen LogP contribution in [0.5, 0.6) is 0 Å². The Hall–Kier alpha value is -4.69. The van der Waals surface area contributed by atoms with Crippen LogP contribution in [-0.2, 0) is 4.57 Å². The second kappa shape index (κ2) is 9.16. The molecule has 44 heavy (non-hydrogen) atoms. The fourth-order valence-electron chi connectivity index (χ4n) is 7.76. The minimum atomic E-state index is -3.30. The lowest BCUT2D eigenvalue weighted by molar-refractivity contribution is 0.592. The topological polar surface area (TPSA) is 22.0 Å². The molecule has 2 nitrogen and oxygen atoms in total. The molecule has 0 saturated heterocycles. The first-order chi connectivity index (χ1) is 21.5. The Kier molecular flexibility index (Phi) is 5.36. The molecule has 0 amide bonds. The SMILES string of the molecule is C[Si]1(C)c2ccccc2P(=O)(c2cc3ccccc3c3ccccc23)c2cc(-n3c4ccccc4c4ccccc43)ccc21. The molecule has 7 aromatic carbocycles. The van der Waals surface area contributed by atoms with E-state index < -0.39 is 15.2 Å². The molecule has 210 valence electrons. The average molecular weight is 600 g/mol. The molecule has 2 heterocycles. The Morgan fingerprint density at radius 3 is 1.75 bits per heavy atom. The van der Waals surface area contributed by atoms with Crippen LogP contribution in [0.2, 0.25) is 13.1 Å². The van der Waals surface area contributed by atoms with Gasteiger partial charge >= 0.3 is 0 Å². The zero-order valence-corrected chi connectivity index (χ0v) is 26.6. The van der Waals surface area contributed by atoms with E-state index in [1.807, 2.05) is 0 Å². The zero-order valence-electron chi connectivity index (χ0n) is 24.7. The Labute approximate surface area is 257 Å². The summed E-state index contributed by atoms with van der Waals surface area (Å²) in [7, 11) is -5.47. The first-order valence-electron chi connectivity index (χ1n) is 15.2. The molecule has 0 N–H and O–H groups in total. The van der Waals surface area contributed by atoms with Gasteiger partial charge in [0.05, 0.1) is 11.0 Å². The monoisotopic (exact) mass is 599 g/mol. The largest absolute Gasteiger partial charge is 0.309 e. The molecule has 1 unspecified atom stereocenters. The molecule has 0 fully saturated rings. The van der Waals surface area contributed by atoms with Crippen molar-refractivity contribution in [3.8, 4) is 5.69 Å². The first kappa shape index (κ1) is 25.8. The van der Waals surface area contributed by atoms with Crippen LogP contribution in [0.1, 0.15) is 0 Å². The lowest BCUT2D eigenvalue weighted by Gasteiger charge is -2.39. The Morgan fingerprint density at radius 1 is 0.477 bits per heavy atom. The maximum Gasteiger partial charge on any atom is 0.171 e. The lowest BCUT2D eigenvalue weighted by atomic mass is 10.0. The van der Waals surface area contributed by atoms with Crippen molar-refractivity contribution in [2.75, 3.05) is 0 Å². The van der Waals surface area contributed by atoms with E-state index in [0.29, 0.717) is 0 Å². The molecule has 1 atom stereocenters. The Bertz CT molecular complexity index is 2470. The maximum absolute atomic E-state index is 16.5. The number of benzene rings is 7. The van der Waals surface area contributed by atoms with Crippen LogP contribution in [0.25, 0.3) is 49.0 Å². The summed E-state index contributed by atoms with van der Waals surface area (Å²) in [5.41, 5.74) is 3.37. The summed E-state index contributed by atoms with van der Waals surface area (Å²) in [6, 6.07) is 51.8. The van der Waals surface area contributed by atoms with Crippen LogP contribution in [0.15, 0.2) is 146 Å². The minimum absolute atomic E-state index is 0.935. The summed E-state index contributed by atoms with van der Waals surface area (Å²) in [5, 5.41) is 12.5. The number of nitrogens with zero attached hydrogens (tertiary/aromatic N) is 1. The van der Waals surface area contributed by atoms with Gasteiger partial charge in [0.25, 0.3) is 0 Å². The van der Waals surface area contributed by atoms with E-state index >= 15 is 4.57 Å². The average Bonchev–Trinajstić information content (AvgIpc) is 3.41. The van der Waals surface area contributed by atoms with Gasteiger partial charge in [-0.15, -0.1) is 0 Å². The standard InChI is InChI=1S/C40H30NOPSi/c1-44(2)39-22-12-11-21-36(39)43(42,37-25-27-13-3-4-14-29(27)30-15-5-6-18-33(30)37)38-26-28(23-24-40(38)44)41-34-19-9-7-16-31(34)32-17-8-10-20-35(32)41/h3-26H,1-2H3. The van der Waals surface area contributed by atoms with Crippen LogP contribution in [0, 0.1) is 0 Å². The highest BCUT2D eigenvalue weighted by Crippen LogP contribution is 2.47. The summed E-state index contributed by atoms with van der Waals surface area (Å²) in [6.07, 6.45) is 0. The second-order valence-electron chi connectivity index (χ2n) is 12.5. The van der Waals surface area contributed by atoms with E-state index in [1.165, 1.54) is 26.5 Å². The molecule has 4 heteroatoms. The van der Waals surface area contributed by atoms with Gasteiger partial charge in [0.1, 0.15) is 8.07 Å². The minimum Gasteiger partial charge on any atom is -0.309 e. The van der Waals surface area contributed by atoms with Gasteiger partial charge < -0.3 is 9.13 Å². The van der Waals surface area contributed by atoms with Crippen molar-refractivity contribution in [1.29, 1.82) is 0 Å². The highest BCUT2D eigenvalue weighted by Gasteiger charge is 2.46. The highest BCUT2D eigenvalue weighted by molar-refractivity contribution is 7.87. The molecule has 0 bridgehead atoms. The van der Waals surface area contributed by atoms with E-state index in [2.05, 4.69) is 163 Å². The highest BCUT2D eigenvalue weighted by atomic mass is 31.2. The number of fused-ring (bicyclic) bond motifs is 8. The molecular weight excluding hydrogens is 570 g/mol. The first-order valence-corrected chi connectivity index (χ1v) is 19.9. The van der Waals surface area contributed by atoms with Crippen LogP contribution in [-0.4, -0.2) is 12.6 Å². The quantitative estimate of drug-likeness (QED) is 0.113. The molecule has 1 aromatic heterocycles. The van der Waals surface area contributed by atoms with Gasteiger partial charge in [-0.1, -0.05) is 128 Å². The number of para-hydroxylation sites is 2. The maximum atomic E-state index is 16.5. The number of hydrogen-bond donors (Lipinski definition) is 0. The van der Waals surface area contributed by atoms with Crippen LogP contribution in [0.3, 0.4) is 0 Å². The third-order valence-electron chi connectivity index (χ3n) is 9.83. The molecule has 0 spiro atoms. The number of aromatic nitrogens is 1. The van der Waals surface area contributed by atoms with E-state index in [0.717, 1.165) is 48.8 Å². The molecule has 8 aromatic rings. The summed E-state index contributed by atoms with van der Waals surface area (Å²) < 4.78 is 18.8. The molecule has 0 radical (unpaired) electrons. The predicted octanol–water partition coefficient (Wildman–Crippen LogP) is 7.87. The predicted molar refractivity (Wildman–Crippen MR) is 192 cm³/mol. The summed E-state index contributed by atoms with van der Waals surface area (Å²) in [5.74, 6) is 0. The third-order valence-corrected chi connectivity index (χ3v) is 17.0. The molecular formula is C40H30NOPSi. The second-order valence-corrected chi connectivity index (χ2v) is 19.5. The number of hydrogen-bond acceptors (Lipinski definition) is 1. The van der Waals surface area contributed by atoms with E-state index in [4.69, 9.17) is 0 Å². The third kappa shape index (κ3) is 3.34. The van der Waals surface area contributed by atoms with E-state index in [9.17, 15) is 0 Å². The molecule has 0 aliphatic carbocycles. The van der Waals surface area contributed by atoms with Gasteiger partial charge in [-0.05, 0) is 62.3 Å². The van der Waals surface area contributed by atoms with Gasteiger partial charge in [0.15, 0.2) is 7.14 Å². The zero-order chi connectivity index (χ0) is 29.6.